The Labute approximate surface area is 162 Å². The second-order valence-corrected chi connectivity index (χ2v) is 6.83. The molecule has 0 aliphatic heterocycles. The van der Waals surface area contributed by atoms with Crippen molar-refractivity contribution in [1.29, 1.82) is 0 Å². The largest absolute Gasteiger partial charge is 0.316 e. The number of aromatic nitrogens is 4. The van der Waals surface area contributed by atoms with Gasteiger partial charge in [-0.3, -0.25) is 24.7 Å². The Hall–Kier alpha value is -3.59. The number of benzene rings is 1. The lowest BCUT2D eigenvalue weighted by Crippen LogP contribution is -2.36. The number of aryl methyl sites for hydroxylation is 1. The highest BCUT2D eigenvalue weighted by atomic mass is 32.1. The smallest absolute Gasteiger partial charge is 0.316 e. The van der Waals surface area contributed by atoms with Crippen LogP contribution in [0.2, 0.25) is 0 Å². The zero-order valence-corrected chi connectivity index (χ0v) is 15.6. The maximum atomic E-state index is 12.6. The molecule has 4 aromatic rings. The number of amides is 1. The first-order valence-corrected chi connectivity index (χ1v) is 9.39. The Morgan fingerprint density at radius 2 is 2.14 bits per heavy atom. The molecule has 2 N–H and O–H groups in total. The van der Waals surface area contributed by atoms with E-state index in [0.29, 0.717) is 28.3 Å². The highest BCUT2D eigenvalue weighted by Crippen LogP contribution is 2.24. The van der Waals surface area contributed by atoms with Crippen molar-refractivity contribution in [3.05, 3.63) is 74.4 Å². The van der Waals surface area contributed by atoms with Gasteiger partial charge in [-0.1, -0.05) is 0 Å². The molecule has 0 aliphatic rings. The Kier molecular flexibility index (Phi) is 4.58. The number of H-pyrrole nitrogens is 1. The van der Waals surface area contributed by atoms with Gasteiger partial charge in [0, 0.05) is 35.4 Å². The maximum absolute atomic E-state index is 12.6. The van der Waals surface area contributed by atoms with Crippen molar-refractivity contribution in [2.45, 2.75) is 13.5 Å². The summed E-state index contributed by atoms with van der Waals surface area (Å²) in [5.74, 6) is -0.357. The molecule has 0 fully saturated rings. The van der Waals surface area contributed by atoms with Gasteiger partial charge < -0.3 is 9.55 Å². The lowest BCUT2D eigenvalue weighted by atomic mass is 10.1. The molecule has 9 heteroatoms. The lowest BCUT2D eigenvalue weighted by molar-refractivity contribution is 0.102. The molecule has 1 aromatic carbocycles. The molecule has 1 amide bonds. The van der Waals surface area contributed by atoms with Crippen LogP contribution in [0.15, 0.2) is 57.7 Å². The number of hydrogen-bond donors (Lipinski definition) is 2. The highest BCUT2D eigenvalue weighted by molar-refractivity contribution is 7.14. The van der Waals surface area contributed by atoms with Gasteiger partial charge in [0.15, 0.2) is 5.13 Å². The SMILES string of the molecule is CCn1c(=O)c(=O)[nH]c2cc(C(=O)Nc3nc(-c4cccnc4)cs3)ccc21. The van der Waals surface area contributed by atoms with Gasteiger partial charge >= 0.3 is 11.1 Å². The standard InChI is InChI=1S/C19H15N5O3S/c1-2-24-15-6-5-11(8-13(15)21-17(26)18(24)27)16(25)23-19-22-14(10-28-19)12-4-3-7-20-9-12/h3-10H,2H2,1H3,(H,21,26)(H,22,23,25). The summed E-state index contributed by atoms with van der Waals surface area (Å²) in [5.41, 5.74) is 1.60. The molecule has 0 saturated carbocycles. The summed E-state index contributed by atoms with van der Waals surface area (Å²) in [6.45, 7) is 2.14. The molecule has 140 valence electrons. The number of nitrogens with zero attached hydrogens (tertiary/aromatic N) is 3. The first-order chi connectivity index (χ1) is 13.6. The normalized spacial score (nSPS) is 10.9. The van der Waals surface area contributed by atoms with E-state index in [1.807, 2.05) is 17.5 Å². The first-order valence-electron chi connectivity index (χ1n) is 8.51. The van der Waals surface area contributed by atoms with E-state index < -0.39 is 11.1 Å². The summed E-state index contributed by atoms with van der Waals surface area (Å²) >= 11 is 1.31. The van der Waals surface area contributed by atoms with Crippen molar-refractivity contribution in [1.82, 2.24) is 19.5 Å². The number of carbonyl (C=O) groups excluding carboxylic acids is 1. The van der Waals surface area contributed by atoms with Gasteiger partial charge in [-0.2, -0.15) is 0 Å². The van der Waals surface area contributed by atoms with Gasteiger partial charge in [-0.15, -0.1) is 11.3 Å². The molecule has 8 nitrogen and oxygen atoms in total. The minimum atomic E-state index is -0.715. The van der Waals surface area contributed by atoms with Gasteiger partial charge in [0.05, 0.1) is 16.7 Å². The molecule has 0 aliphatic carbocycles. The summed E-state index contributed by atoms with van der Waals surface area (Å²) in [5, 5.41) is 5.05. The third kappa shape index (κ3) is 3.23. The molecule has 4 rings (SSSR count). The molecule has 0 unspecified atom stereocenters. The van der Waals surface area contributed by atoms with Crippen molar-refractivity contribution in [2.75, 3.05) is 5.32 Å². The number of aromatic amines is 1. The Morgan fingerprint density at radius 3 is 2.89 bits per heavy atom. The number of rotatable bonds is 4. The molecular formula is C19H15N5O3S. The second-order valence-electron chi connectivity index (χ2n) is 5.97. The summed E-state index contributed by atoms with van der Waals surface area (Å²) in [6.07, 6.45) is 3.38. The van der Waals surface area contributed by atoms with Gasteiger partial charge in [0.25, 0.3) is 5.91 Å². The van der Waals surface area contributed by atoms with Crippen LogP contribution >= 0.6 is 11.3 Å². The van der Waals surface area contributed by atoms with Crippen LogP contribution in [0.1, 0.15) is 17.3 Å². The Bertz CT molecular complexity index is 1290. The third-order valence-corrected chi connectivity index (χ3v) is 4.99. The van der Waals surface area contributed by atoms with Gasteiger partial charge in [0.2, 0.25) is 0 Å². The van der Waals surface area contributed by atoms with Crippen LogP contribution in [-0.4, -0.2) is 25.4 Å². The third-order valence-electron chi connectivity index (χ3n) is 4.24. The predicted molar refractivity (Wildman–Crippen MR) is 108 cm³/mol. The average molecular weight is 393 g/mol. The predicted octanol–water partition coefficient (Wildman–Crippen LogP) is 2.48. The van der Waals surface area contributed by atoms with Crippen LogP contribution in [0.25, 0.3) is 22.3 Å². The molecular weight excluding hydrogens is 378 g/mol. The minimum Gasteiger partial charge on any atom is -0.316 e. The van der Waals surface area contributed by atoms with E-state index in [4.69, 9.17) is 0 Å². The number of thiazole rings is 1. The molecule has 0 radical (unpaired) electrons. The Balaban J connectivity index is 1.63. The van der Waals surface area contributed by atoms with Gasteiger partial charge in [-0.25, -0.2) is 4.98 Å². The van der Waals surface area contributed by atoms with Crippen molar-refractivity contribution in [3.8, 4) is 11.3 Å². The molecule has 0 spiro atoms. The molecule has 3 heterocycles. The average Bonchev–Trinajstić information content (AvgIpc) is 3.18. The second kappa shape index (κ2) is 7.20. The minimum absolute atomic E-state index is 0.350. The summed E-state index contributed by atoms with van der Waals surface area (Å²) in [6, 6.07) is 8.51. The number of hydrogen-bond acceptors (Lipinski definition) is 6. The monoisotopic (exact) mass is 393 g/mol. The van der Waals surface area contributed by atoms with Crippen LogP contribution < -0.4 is 16.4 Å². The zero-order chi connectivity index (χ0) is 19.7. The molecule has 0 bridgehead atoms. The van der Waals surface area contributed by atoms with Gasteiger partial charge in [0.1, 0.15) is 0 Å². The topological polar surface area (TPSA) is 110 Å². The number of fused-ring (bicyclic) bond motifs is 1. The lowest BCUT2D eigenvalue weighted by Gasteiger charge is -2.08. The maximum Gasteiger partial charge on any atom is 0.316 e. The van der Waals surface area contributed by atoms with Crippen molar-refractivity contribution in [2.24, 2.45) is 0 Å². The van der Waals surface area contributed by atoms with Crippen LogP contribution in [0.3, 0.4) is 0 Å². The van der Waals surface area contributed by atoms with E-state index in [9.17, 15) is 14.4 Å². The Morgan fingerprint density at radius 1 is 1.29 bits per heavy atom. The van der Waals surface area contributed by atoms with Crippen LogP contribution in [0, 0.1) is 0 Å². The molecule has 0 atom stereocenters. The number of anilines is 1. The fourth-order valence-corrected chi connectivity index (χ4v) is 3.60. The van der Waals surface area contributed by atoms with E-state index in [0.717, 1.165) is 11.3 Å². The van der Waals surface area contributed by atoms with Crippen LogP contribution in [0.5, 0.6) is 0 Å². The molecule has 0 saturated heterocycles. The fourth-order valence-electron chi connectivity index (χ4n) is 2.88. The molecule has 3 aromatic heterocycles. The quantitative estimate of drug-likeness (QED) is 0.518. The van der Waals surface area contributed by atoms with Crippen molar-refractivity contribution in [3.63, 3.8) is 0 Å². The van der Waals surface area contributed by atoms with Gasteiger partial charge in [-0.05, 0) is 37.3 Å². The van der Waals surface area contributed by atoms with E-state index in [2.05, 4.69) is 20.3 Å². The summed E-state index contributed by atoms with van der Waals surface area (Å²) < 4.78 is 1.37. The van der Waals surface area contributed by atoms with Crippen molar-refractivity contribution >= 4 is 33.4 Å². The van der Waals surface area contributed by atoms with Crippen LogP contribution in [-0.2, 0) is 6.54 Å². The van der Waals surface area contributed by atoms with E-state index in [-0.39, 0.29) is 5.91 Å². The van der Waals surface area contributed by atoms with Crippen LogP contribution in [0.4, 0.5) is 5.13 Å². The summed E-state index contributed by atoms with van der Waals surface area (Å²) in [7, 11) is 0. The number of nitrogens with one attached hydrogen (secondary N) is 2. The fraction of sp³-hybridized carbons (Fsp3) is 0.105. The highest BCUT2D eigenvalue weighted by Gasteiger charge is 2.13. The van der Waals surface area contributed by atoms with E-state index in [1.165, 1.54) is 15.9 Å². The zero-order valence-electron chi connectivity index (χ0n) is 14.8. The first kappa shape index (κ1) is 17.8. The van der Waals surface area contributed by atoms with E-state index in [1.54, 1.807) is 37.5 Å². The summed E-state index contributed by atoms with van der Waals surface area (Å²) in [4.78, 5) is 47.3. The van der Waals surface area contributed by atoms with E-state index >= 15 is 0 Å². The number of pyridine rings is 1. The molecule has 28 heavy (non-hydrogen) atoms. The number of carbonyl (C=O) groups is 1. The van der Waals surface area contributed by atoms with Crippen molar-refractivity contribution < 1.29 is 4.79 Å².